The van der Waals surface area contributed by atoms with Crippen LogP contribution in [0.2, 0.25) is 0 Å². The lowest BCUT2D eigenvalue weighted by Crippen LogP contribution is -2.19. The molecule has 0 aliphatic heterocycles. The van der Waals surface area contributed by atoms with Crippen LogP contribution in [0.25, 0.3) is 0 Å². The second-order valence-electron chi connectivity index (χ2n) is 3.71. The molecule has 1 N–H and O–H groups in total. The van der Waals surface area contributed by atoms with E-state index >= 15 is 0 Å². The van der Waals surface area contributed by atoms with E-state index < -0.39 is 0 Å². The van der Waals surface area contributed by atoms with Crippen molar-refractivity contribution >= 4 is 33.7 Å². The summed E-state index contributed by atoms with van der Waals surface area (Å²) in [6.07, 6.45) is 3.84. The molecule has 0 saturated carbocycles. The monoisotopic (exact) mass is 307 g/mol. The number of aryl methyl sites for hydroxylation is 1. The number of nitrogens with one attached hydrogen (secondary N) is 1. The lowest BCUT2D eigenvalue weighted by molar-refractivity contribution is 0.112. The molecule has 0 aromatic carbocycles. The highest BCUT2D eigenvalue weighted by Crippen LogP contribution is 2.15. The van der Waals surface area contributed by atoms with Crippen molar-refractivity contribution in [3.63, 3.8) is 0 Å². The minimum absolute atomic E-state index is 0.153. The van der Waals surface area contributed by atoms with Gasteiger partial charge in [0.25, 0.3) is 5.56 Å². The first kappa shape index (κ1) is 12.5. The largest absolute Gasteiger partial charge is 0.336 e. The third-order valence-corrected chi connectivity index (χ3v) is 2.77. The fourth-order valence-electron chi connectivity index (χ4n) is 1.45. The number of aldehydes is 1. The van der Waals surface area contributed by atoms with Gasteiger partial charge in [-0.3, -0.25) is 9.59 Å². The number of halogens is 1. The summed E-state index contributed by atoms with van der Waals surface area (Å²) in [5.41, 5.74) is 0.750. The maximum atomic E-state index is 11.8. The van der Waals surface area contributed by atoms with Gasteiger partial charge in [0.05, 0.1) is 0 Å². The first-order chi connectivity index (χ1) is 8.60. The number of carbonyl (C=O) groups is 1. The molecule has 0 fully saturated rings. The maximum Gasteiger partial charge on any atom is 0.274 e. The van der Waals surface area contributed by atoms with E-state index in [1.54, 1.807) is 31.4 Å². The molecule has 2 aromatic heterocycles. The minimum atomic E-state index is -0.153. The second-order valence-corrected chi connectivity index (χ2v) is 4.62. The summed E-state index contributed by atoms with van der Waals surface area (Å²) in [7, 11) is 1.67. The Morgan fingerprint density at radius 1 is 1.44 bits per heavy atom. The predicted octanol–water partition coefficient (Wildman–Crippen LogP) is 2.10. The van der Waals surface area contributed by atoms with Gasteiger partial charge < -0.3 is 9.88 Å². The van der Waals surface area contributed by atoms with Crippen LogP contribution in [0.1, 0.15) is 10.4 Å². The molecule has 0 saturated heterocycles. The fraction of sp³-hybridized carbons (Fsp3) is 0.0833. The molecule has 2 heterocycles. The highest BCUT2D eigenvalue weighted by molar-refractivity contribution is 9.10. The van der Waals surface area contributed by atoms with Crippen LogP contribution < -0.4 is 10.9 Å². The fourth-order valence-corrected chi connectivity index (χ4v) is 1.98. The molecular weight excluding hydrogens is 298 g/mol. The molecular formula is C12H10BrN3O2. The van der Waals surface area contributed by atoms with E-state index in [0.717, 1.165) is 10.8 Å². The number of pyridine rings is 2. The third-order valence-electron chi connectivity index (χ3n) is 2.34. The SMILES string of the molecule is Cn1cc(Br)cc(Nc2ccc(C=O)cn2)c1=O. The smallest absolute Gasteiger partial charge is 0.274 e. The van der Waals surface area contributed by atoms with Crippen molar-refractivity contribution in [1.82, 2.24) is 9.55 Å². The summed E-state index contributed by atoms with van der Waals surface area (Å²) in [4.78, 5) is 26.4. The Labute approximate surface area is 112 Å². The summed E-state index contributed by atoms with van der Waals surface area (Å²) in [5.74, 6) is 0.510. The van der Waals surface area contributed by atoms with Crippen molar-refractivity contribution in [3.8, 4) is 0 Å². The average Bonchev–Trinajstić information content (AvgIpc) is 2.36. The molecule has 5 nitrogen and oxygen atoms in total. The zero-order chi connectivity index (χ0) is 13.1. The van der Waals surface area contributed by atoms with Gasteiger partial charge in [-0.2, -0.15) is 0 Å². The Bertz CT molecular complexity index is 635. The van der Waals surface area contributed by atoms with E-state index in [1.807, 2.05) is 0 Å². The van der Waals surface area contributed by atoms with Gasteiger partial charge >= 0.3 is 0 Å². The summed E-state index contributed by atoms with van der Waals surface area (Å²) in [6.45, 7) is 0. The summed E-state index contributed by atoms with van der Waals surface area (Å²) in [6, 6.07) is 4.95. The summed E-state index contributed by atoms with van der Waals surface area (Å²) in [5, 5.41) is 2.91. The van der Waals surface area contributed by atoms with Crippen LogP contribution >= 0.6 is 15.9 Å². The topological polar surface area (TPSA) is 64.0 Å². The van der Waals surface area contributed by atoms with E-state index in [0.29, 0.717) is 17.1 Å². The van der Waals surface area contributed by atoms with Crippen LogP contribution in [0.3, 0.4) is 0 Å². The van der Waals surface area contributed by atoms with Crippen LogP contribution in [0.15, 0.2) is 39.9 Å². The number of hydrogen-bond acceptors (Lipinski definition) is 4. The van der Waals surface area contributed by atoms with Crippen LogP contribution in [-0.2, 0) is 7.05 Å². The molecule has 0 spiro atoms. The lowest BCUT2D eigenvalue weighted by Gasteiger charge is -2.07. The van der Waals surface area contributed by atoms with Gasteiger partial charge in [-0.1, -0.05) is 0 Å². The van der Waals surface area contributed by atoms with E-state index in [4.69, 9.17) is 0 Å². The van der Waals surface area contributed by atoms with E-state index in [9.17, 15) is 9.59 Å². The second kappa shape index (κ2) is 5.14. The van der Waals surface area contributed by atoms with Crippen LogP contribution in [0.5, 0.6) is 0 Å². The van der Waals surface area contributed by atoms with Crippen molar-refractivity contribution in [1.29, 1.82) is 0 Å². The van der Waals surface area contributed by atoms with E-state index in [2.05, 4.69) is 26.2 Å². The lowest BCUT2D eigenvalue weighted by atomic mass is 10.3. The highest BCUT2D eigenvalue weighted by Gasteiger charge is 2.04. The van der Waals surface area contributed by atoms with Crippen molar-refractivity contribution in [2.45, 2.75) is 0 Å². The van der Waals surface area contributed by atoms with Gasteiger partial charge in [-0.25, -0.2) is 4.98 Å². The van der Waals surface area contributed by atoms with Gasteiger partial charge in [-0.15, -0.1) is 0 Å². The van der Waals surface area contributed by atoms with Gasteiger partial charge in [0, 0.05) is 29.5 Å². The van der Waals surface area contributed by atoms with Crippen LogP contribution in [0, 0.1) is 0 Å². The molecule has 2 rings (SSSR count). The number of aromatic nitrogens is 2. The quantitative estimate of drug-likeness (QED) is 0.882. The standard InChI is InChI=1S/C12H10BrN3O2/c1-16-6-9(13)4-10(12(16)18)15-11-3-2-8(7-17)5-14-11/h2-7H,1H3,(H,14,15). The van der Waals surface area contributed by atoms with Gasteiger partial charge in [0.1, 0.15) is 11.5 Å². The van der Waals surface area contributed by atoms with Gasteiger partial charge in [0.15, 0.2) is 6.29 Å². The summed E-state index contributed by atoms with van der Waals surface area (Å²) < 4.78 is 2.25. The highest BCUT2D eigenvalue weighted by atomic mass is 79.9. The van der Waals surface area contributed by atoms with Gasteiger partial charge in [0.2, 0.25) is 0 Å². The number of rotatable bonds is 3. The van der Waals surface area contributed by atoms with Crippen LogP contribution in [0.4, 0.5) is 11.5 Å². The molecule has 6 heteroatoms. The van der Waals surface area contributed by atoms with Crippen LogP contribution in [-0.4, -0.2) is 15.8 Å². The molecule has 2 aromatic rings. The average molecular weight is 308 g/mol. The zero-order valence-corrected chi connectivity index (χ0v) is 11.1. The molecule has 0 radical (unpaired) electrons. The molecule has 92 valence electrons. The molecule has 0 aliphatic rings. The van der Waals surface area contributed by atoms with E-state index in [1.165, 1.54) is 10.8 Å². The Hall–Kier alpha value is -1.95. The molecule has 0 aliphatic carbocycles. The number of nitrogens with zero attached hydrogens (tertiary/aromatic N) is 2. The zero-order valence-electron chi connectivity index (χ0n) is 9.55. The molecule has 0 atom stereocenters. The normalized spacial score (nSPS) is 10.1. The number of carbonyl (C=O) groups excluding carboxylic acids is 1. The molecule has 0 unspecified atom stereocenters. The first-order valence-corrected chi connectivity index (χ1v) is 5.94. The van der Waals surface area contributed by atoms with E-state index in [-0.39, 0.29) is 5.56 Å². The molecule has 18 heavy (non-hydrogen) atoms. The summed E-state index contributed by atoms with van der Waals surface area (Å²) >= 11 is 3.32. The Balaban J connectivity index is 2.33. The number of hydrogen-bond donors (Lipinski definition) is 1. The third kappa shape index (κ3) is 2.65. The van der Waals surface area contributed by atoms with Crippen molar-refractivity contribution in [3.05, 3.63) is 51.0 Å². The predicted molar refractivity (Wildman–Crippen MR) is 72.3 cm³/mol. The molecule has 0 amide bonds. The molecule has 0 bridgehead atoms. The van der Waals surface area contributed by atoms with Crippen molar-refractivity contribution in [2.24, 2.45) is 7.05 Å². The maximum absolute atomic E-state index is 11.8. The van der Waals surface area contributed by atoms with Gasteiger partial charge in [-0.05, 0) is 34.1 Å². The minimum Gasteiger partial charge on any atom is -0.336 e. The van der Waals surface area contributed by atoms with Crippen molar-refractivity contribution < 1.29 is 4.79 Å². The first-order valence-electron chi connectivity index (χ1n) is 5.14. The van der Waals surface area contributed by atoms with Crippen molar-refractivity contribution in [2.75, 3.05) is 5.32 Å². The number of anilines is 2. The Morgan fingerprint density at radius 2 is 2.22 bits per heavy atom. The Kier molecular flexibility index (Phi) is 3.57. The Morgan fingerprint density at radius 3 is 2.83 bits per heavy atom.